The Morgan fingerprint density at radius 3 is 2.80 bits per heavy atom. The third-order valence-electron chi connectivity index (χ3n) is 3.18. The van der Waals surface area contributed by atoms with E-state index in [1.807, 2.05) is 0 Å². The van der Waals surface area contributed by atoms with Gasteiger partial charge in [-0.2, -0.15) is 0 Å². The van der Waals surface area contributed by atoms with Crippen LogP contribution in [0.5, 0.6) is 0 Å². The molecule has 0 radical (unpaired) electrons. The van der Waals surface area contributed by atoms with Crippen LogP contribution in [-0.2, 0) is 0 Å². The number of hydrogen-bond acceptors (Lipinski definition) is 3. The average Bonchev–Trinajstić information content (AvgIpc) is 2.91. The van der Waals surface area contributed by atoms with Crippen LogP contribution >= 0.6 is 0 Å². The monoisotopic (exact) mass is 276 g/mol. The molecule has 1 atom stereocenters. The van der Waals surface area contributed by atoms with Crippen molar-refractivity contribution in [2.45, 2.75) is 12.5 Å². The molecule has 1 fully saturated rings. The smallest absolute Gasteiger partial charge is 0.321 e. The number of amides is 3. The van der Waals surface area contributed by atoms with E-state index in [4.69, 9.17) is 0 Å². The highest BCUT2D eigenvalue weighted by Crippen LogP contribution is 2.12. The normalized spacial score (nSPS) is 17.6. The first-order valence-corrected chi connectivity index (χ1v) is 6.66. The predicted molar refractivity (Wildman–Crippen MR) is 77.9 cm³/mol. The van der Waals surface area contributed by atoms with Gasteiger partial charge in [0, 0.05) is 37.9 Å². The van der Waals surface area contributed by atoms with Crippen LogP contribution < -0.4 is 16.0 Å². The van der Waals surface area contributed by atoms with Crippen molar-refractivity contribution in [2.24, 2.45) is 0 Å². The van der Waals surface area contributed by atoms with Crippen molar-refractivity contribution >= 4 is 17.6 Å². The van der Waals surface area contributed by atoms with Gasteiger partial charge in [-0.05, 0) is 31.2 Å². The largest absolute Gasteiger partial charge is 0.348 e. The molecule has 1 aromatic carbocycles. The first-order valence-electron chi connectivity index (χ1n) is 6.66. The molecule has 0 aliphatic carbocycles. The first kappa shape index (κ1) is 14.3. The van der Waals surface area contributed by atoms with Crippen LogP contribution in [0.25, 0.3) is 0 Å². The second-order valence-corrected chi connectivity index (χ2v) is 5.07. The minimum Gasteiger partial charge on any atom is -0.348 e. The summed E-state index contributed by atoms with van der Waals surface area (Å²) in [5, 5.41) is 8.90. The Bertz CT molecular complexity index is 496. The molecule has 6 heteroatoms. The van der Waals surface area contributed by atoms with E-state index in [1.54, 1.807) is 38.4 Å². The summed E-state index contributed by atoms with van der Waals surface area (Å²) in [4.78, 5) is 25.1. The van der Waals surface area contributed by atoms with E-state index in [0.717, 1.165) is 19.5 Å². The van der Waals surface area contributed by atoms with Gasteiger partial charge < -0.3 is 20.9 Å². The predicted octanol–water partition coefficient (Wildman–Crippen LogP) is 0.872. The zero-order valence-electron chi connectivity index (χ0n) is 11.8. The summed E-state index contributed by atoms with van der Waals surface area (Å²) in [5.41, 5.74) is 1.16. The van der Waals surface area contributed by atoms with E-state index in [-0.39, 0.29) is 18.0 Å². The summed E-state index contributed by atoms with van der Waals surface area (Å²) in [7, 11) is 3.33. The molecule has 1 saturated heterocycles. The van der Waals surface area contributed by atoms with Crippen LogP contribution in [0.1, 0.15) is 16.8 Å². The Kier molecular flexibility index (Phi) is 4.57. The third-order valence-corrected chi connectivity index (χ3v) is 3.18. The zero-order chi connectivity index (χ0) is 14.5. The van der Waals surface area contributed by atoms with E-state index < -0.39 is 0 Å². The Hall–Kier alpha value is -2.08. The molecule has 0 aromatic heterocycles. The molecule has 2 rings (SSSR count). The fourth-order valence-electron chi connectivity index (χ4n) is 2.02. The highest BCUT2D eigenvalue weighted by atomic mass is 16.2. The van der Waals surface area contributed by atoms with Crippen LogP contribution in [-0.4, -0.2) is 50.1 Å². The van der Waals surface area contributed by atoms with Crippen molar-refractivity contribution in [3.05, 3.63) is 29.8 Å². The van der Waals surface area contributed by atoms with Gasteiger partial charge in [-0.25, -0.2) is 4.79 Å². The molecule has 1 heterocycles. The molecule has 3 N–H and O–H groups in total. The fourth-order valence-corrected chi connectivity index (χ4v) is 2.02. The fraction of sp³-hybridized carbons (Fsp3) is 0.429. The maximum Gasteiger partial charge on any atom is 0.321 e. The van der Waals surface area contributed by atoms with Gasteiger partial charge in [0.25, 0.3) is 5.91 Å². The number of benzene rings is 1. The van der Waals surface area contributed by atoms with Crippen molar-refractivity contribution in [3.8, 4) is 0 Å². The topological polar surface area (TPSA) is 73.5 Å². The molecular weight excluding hydrogens is 256 g/mol. The molecule has 1 unspecified atom stereocenters. The van der Waals surface area contributed by atoms with Crippen LogP contribution in [0.4, 0.5) is 10.5 Å². The van der Waals surface area contributed by atoms with Gasteiger partial charge in [0.05, 0.1) is 0 Å². The molecular formula is C14H20N4O2. The van der Waals surface area contributed by atoms with E-state index in [2.05, 4.69) is 16.0 Å². The minimum atomic E-state index is -0.220. The molecule has 1 aliphatic rings. The van der Waals surface area contributed by atoms with E-state index in [0.29, 0.717) is 11.3 Å². The number of urea groups is 1. The summed E-state index contributed by atoms with van der Waals surface area (Å²) < 4.78 is 0. The molecule has 6 nitrogen and oxygen atoms in total. The molecule has 20 heavy (non-hydrogen) atoms. The summed E-state index contributed by atoms with van der Waals surface area (Å²) >= 11 is 0. The molecule has 0 spiro atoms. The van der Waals surface area contributed by atoms with Gasteiger partial charge in [-0.1, -0.05) is 6.07 Å². The summed E-state index contributed by atoms with van der Waals surface area (Å²) in [6.45, 7) is 1.74. The van der Waals surface area contributed by atoms with Crippen molar-refractivity contribution < 1.29 is 9.59 Å². The lowest BCUT2D eigenvalue weighted by molar-refractivity contribution is 0.0940. The number of anilines is 1. The van der Waals surface area contributed by atoms with Gasteiger partial charge in [0.1, 0.15) is 0 Å². The summed E-state index contributed by atoms with van der Waals surface area (Å²) in [6.07, 6.45) is 0.947. The summed E-state index contributed by atoms with van der Waals surface area (Å²) in [5.74, 6) is -0.111. The quantitative estimate of drug-likeness (QED) is 0.767. The molecule has 1 aromatic rings. The van der Waals surface area contributed by atoms with Crippen molar-refractivity contribution in [2.75, 3.05) is 32.5 Å². The van der Waals surface area contributed by atoms with Crippen LogP contribution in [0, 0.1) is 0 Å². The van der Waals surface area contributed by atoms with E-state index in [9.17, 15) is 9.59 Å². The first-order chi connectivity index (χ1) is 9.56. The van der Waals surface area contributed by atoms with Crippen LogP contribution in [0.2, 0.25) is 0 Å². The van der Waals surface area contributed by atoms with Gasteiger partial charge in [-0.15, -0.1) is 0 Å². The number of rotatable bonds is 3. The number of carbonyl (C=O) groups is 2. The van der Waals surface area contributed by atoms with Gasteiger partial charge in [0.2, 0.25) is 0 Å². The van der Waals surface area contributed by atoms with Crippen molar-refractivity contribution in [3.63, 3.8) is 0 Å². The van der Waals surface area contributed by atoms with Crippen LogP contribution in [0.3, 0.4) is 0 Å². The Labute approximate surface area is 118 Å². The maximum atomic E-state index is 12.1. The molecule has 1 aliphatic heterocycles. The molecule has 0 saturated carbocycles. The Balaban J connectivity index is 2.01. The third kappa shape index (κ3) is 3.71. The van der Waals surface area contributed by atoms with Crippen molar-refractivity contribution in [1.82, 2.24) is 15.5 Å². The minimum absolute atomic E-state index is 0.111. The van der Waals surface area contributed by atoms with E-state index >= 15 is 0 Å². The SMILES string of the molecule is CN(C)C(=O)Nc1cccc(C(=O)NC2CCNC2)c1. The Morgan fingerprint density at radius 2 is 2.15 bits per heavy atom. The zero-order valence-corrected chi connectivity index (χ0v) is 11.8. The highest BCUT2D eigenvalue weighted by Gasteiger charge is 2.17. The van der Waals surface area contributed by atoms with Gasteiger partial charge in [-0.3, -0.25) is 4.79 Å². The standard InChI is InChI=1S/C14H20N4O2/c1-18(2)14(20)17-11-5-3-4-10(8-11)13(19)16-12-6-7-15-9-12/h3-5,8,12,15H,6-7,9H2,1-2H3,(H,16,19)(H,17,20). The maximum absolute atomic E-state index is 12.1. The lowest BCUT2D eigenvalue weighted by Crippen LogP contribution is -2.36. The molecule has 0 bridgehead atoms. The lowest BCUT2D eigenvalue weighted by Gasteiger charge is -2.14. The highest BCUT2D eigenvalue weighted by molar-refractivity contribution is 5.97. The van der Waals surface area contributed by atoms with Gasteiger partial charge >= 0.3 is 6.03 Å². The molecule has 3 amide bonds. The van der Waals surface area contributed by atoms with Gasteiger partial charge in [0.15, 0.2) is 0 Å². The second-order valence-electron chi connectivity index (χ2n) is 5.07. The average molecular weight is 276 g/mol. The van der Waals surface area contributed by atoms with Crippen molar-refractivity contribution in [1.29, 1.82) is 0 Å². The van der Waals surface area contributed by atoms with E-state index in [1.165, 1.54) is 4.90 Å². The number of carbonyl (C=O) groups excluding carboxylic acids is 2. The Morgan fingerprint density at radius 1 is 1.35 bits per heavy atom. The number of nitrogens with zero attached hydrogens (tertiary/aromatic N) is 1. The number of nitrogens with one attached hydrogen (secondary N) is 3. The van der Waals surface area contributed by atoms with Crippen LogP contribution in [0.15, 0.2) is 24.3 Å². The lowest BCUT2D eigenvalue weighted by atomic mass is 10.1. The number of hydrogen-bond donors (Lipinski definition) is 3. The molecule has 108 valence electrons. The second kappa shape index (κ2) is 6.38. The summed E-state index contributed by atoms with van der Waals surface area (Å²) in [6, 6.07) is 6.90.